The van der Waals surface area contributed by atoms with Gasteiger partial charge in [-0.15, -0.1) is 0 Å². The van der Waals surface area contributed by atoms with Gasteiger partial charge in [-0.25, -0.2) is 0 Å². The Kier molecular flexibility index (Phi) is 7.57. The van der Waals surface area contributed by atoms with E-state index in [1.165, 1.54) is 77.0 Å². The van der Waals surface area contributed by atoms with Crippen LogP contribution in [0.1, 0.15) is 97.8 Å². The Hall–Kier alpha value is -0.0400. The summed E-state index contributed by atoms with van der Waals surface area (Å²) in [7, 11) is 0. The maximum absolute atomic E-state index is 4.11. The SMILES string of the molecule is CCCCC(NC(C)C1CCC(C)CC1)C1CCCCC1. The van der Waals surface area contributed by atoms with Gasteiger partial charge in [0.2, 0.25) is 0 Å². The average Bonchev–Trinajstić information content (AvgIpc) is 2.52. The van der Waals surface area contributed by atoms with Crippen molar-refractivity contribution in [3.05, 3.63) is 0 Å². The van der Waals surface area contributed by atoms with Crippen LogP contribution in [0.4, 0.5) is 0 Å². The molecule has 2 saturated carbocycles. The molecule has 21 heavy (non-hydrogen) atoms. The number of hydrogen-bond acceptors (Lipinski definition) is 1. The smallest absolute Gasteiger partial charge is 0.00979 e. The van der Waals surface area contributed by atoms with Gasteiger partial charge in [0.25, 0.3) is 0 Å². The summed E-state index contributed by atoms with van der Waals surface area (Å²) in [6.45, 7) is 7.24. The summed E-state index contributed by atoms with van der Waals surface area (Å²) < 4.78 is 0. The first-order valence-corrected chi connectivity index (χ1v) is 9.96. The molecule has 0 aliphatic heterocycles. The topological polar surface area (TPSA) is 12.0 Å². The van der Waals surface area contributed by atoms with Crippen molar-refractivity contribution in [3.8, 4) is 0 Å². The molecule has 124 valence electrons. The van der Waals surface area contributed by atoms with Gasteiger partial charge in [-0.2, -0.15) is 0 Å². The van der Waals surface area contributed by atoms with Crippen molar-refractivity contribution in [1.29, 1.82) is 0 Å². The predicted molar refractivity (Wildman–Crippen MR) is 93.6 cm³/mol. The summed E-state index contributed by atoms with van der Waals surface area (Å²) in [4.78, 5) is 0. The highest BCUT2D eigenvalue weighted by atomic mass is 15.0. The van der Waals surface area contributed by atoms with Crippen LogP contribution in [0.3, 0.4) is 0 Å². The van der Waals surface area contributed by atoms with Crippen molar-refractivity contribution in [2.75, 3.05) is 0 Å². The minimum Gasteiger partial charge on any atom is -0.311 e. The lowest BCUT2D eigenvalue weighted by molar-refractivity contribution is 0.187. The summed E-state index contributed by atoms with van der Waals surface area (Å²) >= 11 is 0. The minimum absolute atomic E-state index is 0.737. The van der Waals surface area contributed by atoms with Gasteiger partial charge < -0.3 is 5.32 Å². The maximum atomic E-state index is 4.11. The molecule has 0 amide bonds. The first-order valence-electron chi connectivity index (χ1n) is 9.96. The van der Waals surface area contributed by atoms with Crippen LogP contribution >= 0.6 is 0 Å². The van der Waals surface area contributed by atoms with Gasteiger partial charge in [0.15, 0.2) is 0 Å². The summed E-state index contributed by atoms with van der Waals surface area (Å²) in [6.07, 6.45) is 17.4. The van der Waals surface area contributed by atoms with Crippen LogP contribution in [0.15, 0.2) is 0 Å². The quantitative estimate of drug-likeness (QED) is 0.613. The number of hydrogen-bond donors (Lipinski definition) is 1. The molecule has 1 N–H and O–H groups in total. The van der Waals surface area contributed by atoms with E-state index in [-0.39, 0.29) is 0 Å². The lowest BCUT2D eigenvalue weighted by Gasteiger charge is -2.37. The van der Waals surface area contributed by atoms with E-state index in [1.807, 2.05) is 0 Å². The van der Waals surface area contributed by atoms with Crippen LogP contribution < -0.4 is 5.32 Å². The normalized spacial score (nSPS) is 31.0. The molecule has 0 aromatic carbocycles. The zero-order valence-electron chi connectivity index (χ0n) is 14.9. The molecule has 0 heterocycles. The van der Waals surface area contributed by atoms with Gasteiger partial charge in [0.05, 0.1) is 0 Å². The summed E-state index contributed by atoms with van der Waals surface area (Å²) in [5.74, 6) is 2.88. The third kappa shape index (κ3) is 5.58. The van der Waals surface area contributed by atoms with E-state index in [2.05, 4.69) is 26.1 Å². The average molecular weight is 294 g/mol. The van der Waals surface area contributed by atoms with Gasteiger partial charge in [-0.3, -0.25) is 0 Å². The van der Waals surface area contributed by atoms with Crippen LogP contribution in [-0.4, -0.2) is 12.1 Å². The highest BCUT2D eigenvalue weighted by Crippen LogP contribution is 2.33. The molecule has 2 atom stereocenters. The summed E-state index contributed by atoms with van der Waals surface area (Å²) in [5.41, 5.74) is 0. The van der Waals surface area contributed by atoms with E-state index in [0.717, 1.165) is 29.8 Å². The molecule has 0 spiro atoms. The van der Waals surface area contributed by atoms with Gasteiger partial charge in [-0.05, 0) is 56.8 Å². The summed E-state index contributed by atoms with van der Waals surface area (Å²) in [5, 5.41) is 4.11. The third-order valence-electron chi connectivity index (χ3n) is 6.33. The van der Waals surface area contributed by atoms with E-state index in [1.54, 1.807) is 0 Å². The molecule has 0 aromatic heterocycles. The maximum Gasteiger partial charge on any atom is 0.00979 e. The van der Waals surface area contributed by atoms with Crippen molar-refractivity contribution < 1.29 is 0 Å². The first kappa shape index (κ1) is 17.3. The molecule has 2 rings (SSSR count). The van der Waals surface area contributed by atoms with Crippen LogP contribution in [-0.2, 0) is 0 Å². The van der Waals surface area contributed by atoms with Crippen LogP contribution in [0.2, 0.25) is 0 Å². The Morgan fingerprint density at radius 3 is 2.19 bits per heavy atom. The van der Waals surface area contributed by atoms with E-state index in [4.69, 9.17) is 0 Å². The van der Waals surface area contributed by atoms with Crippen molar-refractivity contribution >= 4 is 0 Å². The van der Waals surface area contributed by atoms with Gasteiger partial charge in [-0.1, -0.05) is 58.8 Å². The zero-order valence-corrected chi connectivity index (χ0v) is 14.9. The Balaban J connectivity index is 1.84. The molecule has 2 unspecified atom stereocenters. The molecule has 1 heteroatoms. The van der Waals surface area contributed by atoms with Gasteiger partial charge in [0, 0.05) is 12.1 Å². The van der Waals surface area contributed by atoms with Gasteiger partial charge >= 0.3 is 0 Å². The number of unbranched alkanes of at least 4 members (excludes halogenated alkanes) is 1. The van der Waals surface area contributed by atoms with Crippen molar-refractivity contribution in [2.45, 2.75) is 110 Å². The Labute approximate surface area is 133 Å². The highest BCUT2D eigenvalue weighted by Gasteiger charge is 2.28. The van der Waals surface area contributed by atoms with Crippen LogP contribution in [0.25, 0.3) is 0 Å². The molecule has 0 aromatic rings. The van der Waals surface area contributed by atoms with E-state index in [0.29, 0.717) is 0 Å². The largest absolute Gasteiger partial charge is 0.311 e. The molecule has 2 fully saturated rings. The second-order valence-electron chi connectivity index (χ2n) is 8.12. The fraction of sp³-hybridized carbons (Fsp3) is 1.00. The van der Waals surface area contributed by atoms with E-state index < -0.39 is 0 Å². The standard InChI is InChI=1S/C20H39N/c1-4-5-11-20(19-9-7-6-8-10-19)21-17(3)18-14-12-16(2)13-15-18/h16-21H,4-15H2,1-3H3. The van der Waals surface area contributed by atoms with Crippen LogP contribution in [0.5, 0.6) is 0 Å². The van der Waals surface area contributed by atoms with Crippen molar-refractivity contribution in [1.82, 2.24) is 5.32 Å². The predicted octanol–water partition coefficient (Wildman–Crippen LogP) is 5.93. The number of nitrogens with one attached hydrogen (secondary N) is 1. The molecule has 0 bridgehead atoms. The third-order valence-corrected chi connectivity index (χ3v) is 6.33. The van der Waals surface area contributed by atoms with E-state index >= 15 is 0 Å². The molecule has 1 nitrogen and oxygen atoms in total. The lowest BCUT2D eigenvalue weighted by atomic mass is 9.78. The lowest BCUT2D eigenvalue weighted by Crippen LogP contribution is -2.46. The second kappa shape index (κ2) is 9.18. The minimum atomic E-state index is 0.737. The Bertz CT molecular complexity index is 261. The zero-order chi connectivity index (χ0) is 15.1. The van der Waals surface area contributed by atoms with Crippen molar-refractivity contribution in [3.63, 3.8) is 0 Å². The molecule has 2 aliphatic rings. The molecular weight excluding hydrogens is 254 g/mol. The highest BCUT2D eigenvalue weighted by molar-refractivity contribution is 4.85. The Morgan fingerprint density at radius 1 is 0.905 bits per heavy atom. The van der Waals surface area contributed by atoms with Gasteiger partial charge in [0.1, 0.15) is 0 Å². The fourth-order valence-electron chi connectivity index (χ4n) is 4.68. The summed E-state index contributed by atoms with van der Waals surface area (Å²) in [6, 6.07) is 1.54. The molecule has 2 aliphatic carbocycles. The number of rotatable bonds is 7. The van der Waals surface area contributed by atoms with Crippen LogP contribution in [0, 0.1) is 17.8 Å². The Morgan fingerprint density at radius 2 is 1.57 bits per heavy atom. The molecular formula is C20H39N. The molecule has 0 saturated heterocycles. The van der Waals surface area contributed by atoms with E-state index in [9.17, 15) is 0 Å². The first-order chi connectivity index (χ1) is 10.2. The second-order valence-corrected chi connectivity index (χ2v) is 8.12. The van der Waals surface area contributed by atoms with Crippen molar-refractivity contribution in [2.24, 2.45) is 17.8 Å². The molecule has 0 radical (unpaired) electrons. The monoisotopic (exact) mass is 293 g/mol. The fourth-order valence-corrected chi connectivity index (χ4v) is 4.68.